The number of aromatic nitrogens is 1. The second-order valence-electron chi connectivity index (χ2n) is 8.81. The van der Waals surface area contributed by atoms with Gasteiger partial charge in [0, 0.05) is 49.9 Å². The van der Waals surface area contributed by atoms with Crippen LogP contribution in [0.5, 0.6) is 5.75 Å². The molecule has 1 aliphatic heterocycles. The van der Waals surface area contributed by atoms with Crippen molar-refractivity contribution in [1.29, 1.82) is 0 Å². The summed E-state index contributed by atoms with van der Waals surface area (Å²) in [6, 6.07) is 20.9. The molecular formula is C28H27FN4O3S. The molecule has 1 aromatic heterocycles. The molecule has 1 amide bonds. The Hall–Kier alpha value is -3.66. The van der Waals surface area contributed by atoms with E-state index in [-0.39, 0.29) is 11.7 Å². The lowest BCUT2D eigenvalue weighted by Gasteiger charge is -2.34. The molecule has 0 bridgehead atoms. The summed E-state index contributed by atoms with van der Waals surface area (Å²) >= 11 is -1.58. The fraction of sp³-hybridized carbons (Fsp3) is 0.214. The molecule has 37 heavy (non-hydrogen) atoms. The molecule has 9 heteroatoms. The summed E-state index contributed by atoms with van der Waals surface area (Å²) in [4.78, 5) is 22.2. The maximum Gasteiger partial charge on any atom is 0.254 e. The van der Waals surface area contributed by atoms with Gasteiger partial charge >= 0.3 is 0 Å². The lowest BCUT2D eigenvalue weighted by molar-refractivity contribution is 0.0628. The molecule has 2 heterocycles. The van der Waals surface area contributed by atoms with Gasteiger partial charge < -0.3 is 14.2 Å². The highest BCUT2D eigenvalue weighted by Gasteiger charge is 2.24. The van der Waals surface area contributed by atoms with Crippen molar-refractivity contribution in [2.75, 3.05) is 38.0 Å². The molecule has 190 valence electrons. The Bertz CT molecular complexity index is 1390. The molecule has 1 saturated heterocycles. The number of benzene rings is 3. The Morgan fingerprint density at radius 1 is 1.05 bits per heavy atom. The molecule has 0 spiro atoms. The predicted octanol–water partition coefficient (Wildman–Crippen LogP) is 4.48. The molecule has 1 unspecified atom stereocenters. The van der Waals surface area contributed by atoms with E-state index in [4.69, 9.17) is 4.74 Å². The fourth-order valence-electron chi connectivity index (χ4n) is 4.43. The predicted molar refractivity (Wildman–Crippen MR) is 142 cm³/mol. The number of ether oxygens (including phenoxy) is 1. The van der Waals surface area contributed by atoms with Crippen LogP contribution in [0.25, 0.3) is 10.9 Å². The number of methoxy groups -OCH3 is 1. The molecule has 0 saturated carbocycles. The van der Waals surface area contributed by atoms with Crippen molar-refractivity contribution in [3.63, 3.8) is 0 Å². The molecule has 1 N–H and O–H groups in total. The van der Waals surface area contributed by atoms with Gasteiger partial charge in [0.2, 0.25) is 4.90 Å². The minimum absolute atomic E-state index is 0.0781. The highest BCUT2D eigenvalue weighted by molar-refractivity contribution is 7.93. The Kier molecular flexibility index (Phi) is 7.55. The first kappa shape index (κ1) is 25.0. The van der Waals surface area contributed by atoms with E-state index in [2.05, 4.69) is 14.6 Å². The molecule has 4 aromatic rings. The molecule has 1 aliphatic rings. The van der Waals surface area contributed by atoms with Gasteiger partial charge in [-0.05, 0) is 48.0 Å². The van der Waals surface area contributed by atoms with Gasteiger partial charge in [-0.25, -0.2) is 4.39 Å². The van der Waals surface area contributed by atoms with Gasteiger partial charge in [-0.15, -0.1) is 0 Å². The number of piperazine rings is 1. The number of hydrogen-bond donors (Lipinski definition) is 1. The zero-order valence-corrected chi connectivity index (χ0v) is 21.2. The lowest BCUT2D eigenvalue weighted by atomic mass is 10.1. The molecule has 0 radical (unpaired) electrons. The van der Waals surface area contributed by atoms with E-state index in [1.54, 1.807) is 42.6 Å². The van der Waals surface area contributed by atoms with E-state index < -0.39 is 11.4 Å². The van der Waals surface area contributed by atoms with Crippen LogP contribution in [0.15, 0.2) is 83.9 Å². The van der Waals surface area contributed by atoms with E-state index in [0.717, 1.165) is 30.6 Å². The number of hydrogen-bond acceptors (Lipinski definition) is 6. The van der Waals surface area contributed by atoms with Gasteiger partial charge in [0.25, 0.3) is 5.91 Å². The summed E-state index contributed by atoms with van der Waals surface area (Å²) < 4.78 is 34.8. The number of nitrogens with one attached hydrogen (secondary N) is 1. The van der Waals surface area contributed by atoms with Crippen LogP contribution in [0.3, 0.4) is 0 Å². The fourth-order valence-corrected chi connectivity index (χ4v) is 5.46. The number of nitrogens with zero attached hydrogens (tertiary/aromatic N) is 3. The number of amides is 1. The molecule has 1 fully saturated rings. The number of anilines is 1. The standard InChI is InChI=1S/C28H27FN4O3S/c1-36-25-18-22(28(34)33-16-14-32(15-17-33)19-20-7-10-23(29)11-8-20)9-12-24(25)31-37(35)26-6-2-4-21-5-3-13-30-27(21)26/h2-13,18,31H,14-17,19H2,1H3. The first-order valence-electron chi connectivity index (χ1n) is 12.0. The van der Waals surface area contributed by atoms with Crippen LogP contribution in [-0.2, 0) is 17.9 Å². The monoisotopic (exact) mass is 518 g/mol. The third kappa shape index (κ3) is 5.69. The number of carbonyl (C=O) groups is 1. The Labute approximate surface area is 218 Å². The van der Waals surface area contributed by atoms with Crippen LogP contribution in [0.2, 0.25) is 0 Å². The van der Waals surface area contributed by atoms with E-state index in [1.807, 2.05) is 29.2 Å². The smallest absolute Gasteiger partial charge is 0.254 e. The molecule has 7 nitrogen and oxygen atoms in total. The van der Waals surface area contributed by atoms with Crippen molar-refractivity contribution in [3.8, 4) is 5.75 Å². The Morgan fingerprint density at radius 2 is 1.81 bits per heavy atom. The number of carbonyl (C=O) groups excluding carboxylic acids is 1. The average molecular weight is 519 g/mol. The van der Waals surface area contributed by atoms with Gasteiger partial charge in [0.1, 0.15) is 34.1 Å². The van der Waals surface area contributed by atoms with E-state index in [0.29, 0.717) is 40.5 Å². The SMILES string of the molecule is COc1cc(C(=O)N2CCN(Cc3ccc(F)cc3)CC2)ccc1N[S+]([O-])c1cccc2cccnc12. The number of fused-ring (bicyclic) bond motifs is 1. The molecule has 1 atom stereocenters. The van der Waals surface area contributed by atoms with Gasteiger partial charge in [-0.3, -0.25) is 14.7 Å². The molecule has 3 aromatic carbocycles. The van der Waals surface area contributed by atoms with E-state index >= 15 is 0 Å². The summed E-state index contributed by atoms with van der Waals surface area (Å²) in [6.45, 7) is 3.39. The minimum Gasteiger partial charge on any atom is -0.588 e. The van der Waals surface area contributed by atoms with Crippen LogP contribution in [0, 0.1) is 5.82 Å². The molecular weight excluding hydrogens is 491 g/mol. The summed E-state index contributed by atoms with van der Waals surface area (Å²) in [6.07, 6.45) is 1.67. The summed E-state index contributed by atoms with van der Waals surface area (Å²) in [5.74, 6) is 0.112. The van der Waals surface area contributed by atoms with Crippen molar-refractivity contribution in [3.05, 3.63) is 95.9 Å². The third-order valence-electron chi connectivity index (χ3n) is 6.43. The first-order chi connectivity index (χ1) is 18.0. The van der Waals surface area contributed by atoms with Crippen molar-refractivity contribution in [2.45, 2.75) is 11.4 Å². The zero-order chi connectivity index (χ0) is 25.8. The highest BCUT2D eigenvalue weighted by atomic mass is 32.2. The van der Waals surface area contributed by atoms with Crippen molar-refractivity contribution in [2.24, 2.45) is 0 Å². The Balaban J connectivity index is 1.24. The largest absolute Gasteiger partial charge is 0.588 e. The summed E-state index contributed by atoms with van der Waals surface area (Å²) in [5.41, 5.74) is 2.74. The lowest BCUT2D eigenvalue weighted by Crippen LogP contribution is -2.48. The zero-order valence-electron chi connectivity index (χ0n) is 20.4. The van der Waals surface area contributed by atoms with E-state index in [1.165, 1.54) is 19.2 Å². The number of pyridine rings is 1. The van der Waals surface area contributed by atoms with E-state index in [9.17, 15) is 13.7 Å². The number of para-hydroxylation sites is 1. The minimum atomic E-state index is -1.58. The Morgan fingerprint density at radius 3 is 2.57 bits per heavy atom. The maximum absolute atomic E-state index is 13.2. The number of rotatable bonds is 7. The van der Waals surface area contributed by atoms with Crippen LogP contribution in [-0.4, -0.2) is 58.5 Å². The van der Waals surface area contributed by atoms with Crippen LogP contribution < -0.4 is 9.46 Å². The average Bonchev–Trinajstić information content (AvgIpc) is 2.94. The van der Waals surface area contributed by atoms with Crippen molar-refractivity contribution >= 4 is 33.9 Å². The first-order valence-corrected chi connectivity index (χ1v) is 13.1. The topological polar surface area (TPSA) is 80.8 Å². The second kappa shape index (κ2) is 11.2. The molecule has 5 rings (SSSR count). The van der Waals surface area contributed by atoms with Crippen molar-refractivity contribution in [1.82, 2.24) is 14.8 Å². The van der Waals surface area contributed by atoms with Gasteiger partial charge in [0.15, 0.2) is 0 Å². The van der Waals surface area contributed by atoms with Gasteiger partial charge in [-0.1, -0.05) is 30.3 Å². The maximum atomic E-state index is 13.2. The summed E-state index contributed by atoms with van der Waals surface area (Å²) in [5, 5.41) is 0.904. The highest BCUT2D eigenvalue weighted by Crippen LogP contribution is 2.30. The normalized spacial score (nSPS) is 14.9. The number of halogens is 1. The molecule has 0 aliphatic carbocycles. The van der Waals surface area contributed by atoms with Gasteiger partial charge in [0.05, 0.1) is 7.11 Å². The van der Waals surface area contributed by atoms with Crippen LogP contribution >= 0.6 is 0 Å². The summed E-state index contributed by atoms with van der Waals surface area (Å²) in [7, 11) is 1.52. The van der Waals surface area contributed by atoms with Gasteiger partial charge in [-0.2, -0.15) is 4.72 Å². The quantitative estimate of drug-likeness (QED) is 0.364. The van der Waals surface area contributed by atoms with Crippen LogP contribution in [0.4, 0.5) is 10.1 Å². The van der Waals surface area contributed by atoms with Crippen LogP contribution in [0.1, 0.15) is 15.9 Å². The van der Waals surface area contributed by atoms with Crippen molar-refractivity contribution < 1.29 is 18.5 Å². The third-order valence-corrected chi connectivity index (χ3v) is 7.56. The second-order valence-corrected chi connectivity index (χ2v) is 9.99.